The van der Waals surface area contributed by atoms with Crippen LogP contribution in [0.5, 0.6) is 0 Å². The van der Waals surface area contributed by atoms with Gasteiger partial charge in [-0.15, -0.1) is 0 Å². The normalized spacial score (nSPS) is 15.9. The largest absolute Gasteiger partial charge is 0.326 e. The number of carbonyl (C=O) groups is 2. The zero-order valence-electron chi connectivity index (χ0n) is 15.0. The van der Waals surface area contributed by atoms with Gasteiger partial charge in [0.15, 0.2) is 0 Å². The van der Waals surface area contributed by atoms with Crippen LogP contribution in [0.3, 0.4) is 0 Å². The van der Waals surface area contributed by atoms with Crippen LogP contribution in [-0.4, -0.2) is 18.4 Å². The van der Waals surface area contributed by atoms with E-state index in [1.54, 1.807) is 0 Å². The maximum atomic E-state index is 12.4. The highest BCUT2D eigenvalue weighted by Gasteiger charge is 2.26. The van der Waals surface area contributed by atoms with Crippen LogP contribution >= 0.6 is 0 Å². The summed E-state index contributed by atoms with van der Waals surface area (Å²) in [6.07, 6.45) is 1.56. The van der Waals surface area contributed by atoms with E-state index in [1.165, 1.54) is 0 Å². The lowest BCUT2D eigenvalue weighted by Gasteiger charge is -2.24. The van der Waals surface area contributed by atoms with Gasteiger partial charge in [0.25, 0.3) is 0 Å². The lowest BCUT2D eigenvalue weighted by atomic mass is 9.89. The minimum atomic E-state index is -0.160. The van der Waals surface area contributed by atoms with E-state index in [9.17, 15) is 9.59 Å². The van der Waals surface area contributed by atoms with Gasteiger partial charge in [-0.05, 0) is 42.6 Å². The van der Waals surface area contributed by atoms with Gasteiger partial charge in [0.1, 0.15) is 0 Å². The predicted molar refractivity (Wildman–Crippen MR) is 104 cm³/mol. The molecule has 3 N–H and O–H groups in total. The first-order chi connectivity index (χ1) is 12.7. The smallest absolute Gasteiger partial charge is 0.227 e. The van der Waals surface area contributed by atoms with E-state index in [4.69, 9.17) is 0 Å². The maximum Gasteiger partial charge on any atom is 0.227 e. The summed E-state index contributed by atoms with van der Waals surface area (Å²) in [5.74, 6) is -0.211. The van der Waals surface area contributed by atoms with Gasteiger partial charge in [-0.3, -0.25) is 9.59 Å². The molecule has 2 aromatic rings. The van der Waals surface area contributed by atoms with E-state index in [0.717, 1.165) is 35.6 Å². The number of anilines is 2. The van der Waals surface area contributed by atoms with Crippen LogP contribution in [0.2, 0.25) is 0 Å². The molecule has 1 aliphatic heterocycles. The van der Waals surface area contributed by atoms with E-state index in [-0.39, 0.29) is 17.7 Å². The quantitative estimate of drug-likeness (QED) is 0.717. The number of amides is 2. The zero-order valence-corrected chi connectivity index (χ0v) is 15.0. The van der Waals surface area contributed by atoms with Gasteiger partial charge < -0.3 is 16.0 Å². The van der Waals surface area contributed by atoms with Crippen LogP contribution in [0, 0.1) is 5.92 Å². The summed E-state index contributed by atoms with van der Waals surface area (Å²) in [7, 11) is 0. The number of benzene rings is 2. The van der Waals surface area contributed by atoms with Gasteiger partial charge in [-0.25, -0.2) is 0 Å². The number of nitrogens with one attached hydrogen (secondary N) is 3. The Kier molecular flexibility index (Phi) is 6.02. The molecule has 0 saturated heterocycles. The van der Waals surface area contributed by atoms with Gasteiger partial charge in [0.2, 0.25) is 11.8 Å². The lowest BCUT2D eigenvalue weighted by molar-refractivity contribution is -0.121. The minimum absolute atomic E-state index is 0.00375. The van der Waals surface area contributed by atoms with E-state index >= 15 is 0 Å². The fourth-order valence-corrected chi connectivity index (χ4v) is 3.22. The highest BCUT2D eigenvalue weighted by Crippen LogP contribution is 2.27. The summed E-state index contributed by atoms with van der Waals surface area (Å²) in [6.45, 7) is 3.64. The molecular weight excluding hydrogens is 326 g/mol. The number of rotatable bonds is 7. The van der Waals surface area contributed by atoms with E-state index in [1.807, 2.05) is 48.5 Å². The Morgan fingerprint density at radius 1 is 1.15 bits per heavy atom. The topological polar surface area (TPSA) is 70.2 Å². The predicted octanol–water partition coefficient (Wildman–Crippen LogP) is 3.33. The zero-order chi connectivity index (χ0) is 18.4. The molecule has 0 saturated carbocycles. The molecule has 2 aromatic carbocycles. The van der Waals surface area contributed by atoms with Crippen LogP contribution < -0.4 is 16.0 Å². The fourth-order valence-electron chi connectivity index (χ4n) is 3.22. The van der Waals surface area contributed by atoms with Crippen LogP contribution in [0.25, 0.3) is 0 Å². The molecule has 2 amide bonds. The maximum absolute atomic E-state index is 12.4. The number of hydrogen-bond donors (Lipinski definition) is 3. The van der Waals surface area contributed by atoms with Crippen molar-refractivity contribution in [3.05, 3.63) is 59.7 Å². The Morgan fingerprint density at radius 2 is 1.92 bits per heavy atom. The monoisotopic (exact) mass is 351 g/mol. The summed E-state index contributed by atoms with van der Waals surface area (Å²) in [4.78, 5) is 24.6. The van der Waals surface area contributed by atoms with Gasteiger partial charge in [-0.2, -0.15) is 0 Å². The van der Waals surface area contributed by atoms with Crippen molar-refractivity contribution >= 4 is 23.2 Å². The second kappa shape index (κ2) is 8.63. The Morgan fingerprint density at radius 3 is 2.77 bits per heavy atom. The molecule has 0 aromatic heterocycles. The van der Waals surface area contributed by atoms with Crippen molar-refractivity contribution in [2.45, 2.75) is 32.7 Å². The molecule has 3 rings (SSSR count). The third-order valence-corrected chi connectivity index (χ3v) is 4.69. The molecule has 1 aliphatic rings. The Bertz CT molecular complexity index is 788. The van der Waals surface area contributed by atoms with Crippen LogP contribution in [0.1, 0.15) is 30.9 Å². The summed E-state index contributed by atoms with van der Waals surface area (Å²) in [5, 5.41) is 9.19. The summed E-state index contributed by atoms with van der Waals surface area (Å²) in [5.41, 5.74) is 3.91. The van der Waals surface area contributed by atoms with Crippen molar-refractivity contribution in [3.8, 4) is 0 Å². The van der Waals surface area contributed by atoms with Crippen molar-refractivity contribution in [2.24, 2.45) is 5.92 Å². The molecule has 26 heavy (non-hydrogen) atoms. The van der Waals surface area contributed by atoms with Crippen LogP contribution in [0.15, 0.2) is 48.5 Å². The van der Waals surface area contributed by atoms with Crippen LogP contribution in [0.4, 0.5) is 11.4 Å². The number of hydrogen-bond acceptors (Lipinski definition) is 3. The Labute approximate surface area is 154 Å². The second-order valence-corrected chi connectivity index (χ2v) is 6.57. The first-order valence-electron chi connectivity index (χ1n) is 9.14. The van der Waals surface area contributed by atoms with Crippen molar-refractivity contribution in [2.75, 3.05) is 17.2 Å². The molecule has 0 bridgehead atoms. The van der Waals surface area contributed by atoms with Gasteiger partial charge in [0.05, 0.1) is 0 Å². The van der Waals surface area contributed by atoms with Gasteiger partial charge >= 0.3 is 0 Å². The Hall–Kier alpha value is -2.66. The average molecular weight is 351 g/mol. The second-order valence-electron chi connectivity index (χ2n) is 6.57. The fraction of sp³-hybridized carbons (Fsp3) is 0.333. The molecule has 136 valence electrons. The minimum Gasteiger partial charge on any atom is -0.326 e. The molecule has 5 nitrogen and oxygen atoms in total. The van der Waals surface area contributed by atoms with E-state index < -0.39 is 0 Å². The summed E-state index contributed by atoms with van der Waals surface area (Å²) >= 11 is 0. The molecule has 0 radical (unpaired) electrons. The average Bonchev–Trinajstić information content (AvgIpc) is 2.65. The van der Waals surface area contributed by atoms with E-state index in [2.05, 4.69) is 22.9 Å². The molecule has 1 unspecified atom stereocenters. The molecule has 0 fully saturated rings. The third-order valence-electron chi connectivity index (χ3n) is 4.69. The number of para-hydroxylation sites is 2. The van der Waals surface area contributed by atoms with Gasteiger partial charge in [0, 0.05) is 30.3 Å². The third kappa shape index (κ3) is 4.49. The van der Waals surface area contributed by atoms with Crippen molar-refractivity contribution in [1.82, 2.24) is 5.32 Å². The first-order valence-corrected chi connectivity index (χ1v) is 9.14. The van der Waals surface area contributed by atoms with E-state index in [0.29, 0.717) is 19.3 Å². The molecular formula is C21H25N3O2. The standard InChI is InChI=1S/C21H25N3O2/c1-2-22-14-17-8-4-6-10-19(17)23-20(25)12-11-16-13-15-7-3-5-9-18(15)24-21(16)26/h3-10,16,22H,2,11-14H2,1H3,(H,23,25)(H,24,26). The van der Waals surface area contributed by atoms with Crippen molar-refractivity contribution < 1.29 is 9.59 Å². The summed E-state index contributed by atoms with van der Waals surface area (Å²) < 4.78 is 0. The molecule has 0 spiro atoms. The SMILES string of the molecule is CCNCc1ccccc1NC(=O)CCC1Cc2ccccc2NC1=O. The first kappa shape index (κ1) is 18.1. The number of carbonyl (C=O) groups excluding carboxylic acids is 2. The summed E-state index contributed by atoms with van der Waals surface area (Å²) in [6, 6.07) is 15.6. The lowest BCUT2D eigenvalue weighted by Crippen LogP contribution is -2.30. The highest BCUT2D eigenvalue weighted by atomic mass is 16.2. The van der Waals surface area contributed by atoms with Crippen molar-refractivity contribution in [3.63, 3.8) is 0 Å². The van der Waals surface area contributed by atoms with Gasteiger partial charge in [-0.1, -0.05) is 43.3 Å². The van der Waals surface area contributed by atoms with Crippen LogP contribution in [-0.2, 0) is 22.6 Å². The molecule has 1 atom stereocenters. The highest BCUT2D eigenvalue weighted by molar-refractivity contribution is 5.96. The molecule has 1 heterocycles. The molecule has 5 heteroatoms. The van der Waals surface area contributed by atoms with Crippen molar-refractivity contribution in [1.29, 1.82) is 0 Å². The number of fused-ring (bicyclic) bond motifs is 1. The Balaban J connectivity index is 1.56. The molecule has 0 aliphatic carbocycles.